The van der Waals surface area contributed by atoms with Crippen molar-refractivity contribution >= 4 is 27.5 Å². The normalized spacial score (nSPS) is 20.3. The quantitative estimate of drug-likeness (QED) is 0.857. The average molecular weight is 298 g/mol. The minimum Gasteiger partial charge on any atom is -0.360 e. The molecule has 1 heterocycles. The second-order valence-electron chi connectivity index (χ2n) is 4.31. The van der Waals surface area contributed by atoms with E-state index in [0.29, 0.717) is 13.1 Å². The lowest BCUT2D eigenvalue weighted by atomic mass is 10.1. The Morgan fingerprint density at radius 3 is 3.00 bits per heavy atom. The second-order valence-corrected chi connectivity index (χ2v) is 5.17. The second kappa shape index (κ2) is 5.06. The molecule has 1 saturated heterocycles. The van der Waals surface area contributed by atoms with Gasteiger partial charge in [-0.25, -0.2) is 0 Å². The van der Waals surface area contributed by atoms with Gasteiger partial charge in [-0.2, -0.15) is 0 Å². The highest BCUT2D eigenvalue weighted by atomic mass is 79.9. The first-order valence-electron chi connectivity index (χ1n) is 5.60. The average Bonchev–Trinajstić information content (AvgIpc) is 2.32. The lowest BCUT2D eigenvalue weighted by Gasteiger charge is -2.34. The molecule has 0 saturated carbocycles. The van der Waals surface area contributed by atoms with Crippen LogP contribution in [-0.2, 0) is 4.79 Å². The minimum absolute atomic E-state index is 0.0345. The lowest BCUT2D eigenvalue weighted by molar-refractivity contribution is -0.121. The summed E-state index contributed by atoms with van der Waals surface area (Å²) < 4.78 is 1.08. The summed E-state index contributed by atoms with van der Waals surface area (Å²) in [5.74, 6) is 0.0345. The first-order valence-corrected chi connectivity index (χ1v) is 6.40. The van der Waals surface area contributed by atoms with Gasteiger partial charge in [-0.1, -0.05) is 15.9 Å². The van der Waals surface area contributed by atoms with Crippen LogP contribution in [0.15, 0.2) is 22.7 Å². The van der Waals surface area contributed by atoms with E-state index in [4.69, 9.17) is 5.73 Å². The third-order valence-corrected chi connectivity index (χ3v) is 3.82. The monoisotopic (exact) mass is 297 g/mol. The summed E-state index contributed by atoms with van der Waals surface area (Å²) in [4.78, 5) is 13.6. The van der Waals surface area contributed by atoms with E-state index in [-0.39, 0.29) is 11.9 Å². The van der Waals surface area contributed by atoms with Crippen LogP contribution in [0.5, 0.6) is 0 Å². The number of nitrogens with one attached hydrogen (secondary N) is 1. The van der Waals surface area contributed by atoms with Crippen LogP contribution in [0.3, 0.4) is 0 Å². The van der Waals surface area contributed by atoms with Crippen LogP contribution in [0, 0.1) is 6.92 Å². The van der Waals surface area contributed by atoms with Crippen molar-refractivity contribution in [3.05, 3.63) is 28.2 Å². The Balaban J connectivity index is 2.20. The summed E-state index contributed by atoms with van der Waals surface area (Å²) in [5, 5.41) is 2.88. The maximum atomic E-state index is 11.6. The molecule has 0 aromatic heterocycles. The van der Waals surface area contributed by atoms with Crippen LogP contribution in [-0.4, -0.2) is 31.6 Å². The van der Waals surface area contributed by atoms with Gasteiger partial charge in [0, 0.05) is 23.2 Å². The highest BCUT2D eigenvalue weighted by Gasteiger charge is 2.23. The molecule has 1 aromatic carbocycles. The van der Waals surface area contributed by atoms with Gasteiger partial charge in [0.2, 0.25) is 5.91 Å². The Bertz CT molecular complexity index is 436. The maximum Gasteiger partial charge on any atom is 0.239 e. The number of hydrogen-bond acceptors (Lipinski definition) is 3. The molecule has 92 valence electrons. The zero-order valence-electron chi connectivity index (χ0n) is 9.74. The molecule has 1 atom stereocenters. The molecule has 1 aliphatic heterocycles. The van der Waals surface area contributed by atoms with E-state index in [1.807, 2.05) is 19.1 Å². The van der Waals surface area contributed by atoms with Gasteiger partial charge in [0.25, 0.3) is 0 Å². The smallest absolute Gasteiger partial charge is 0.239 e. The molecule has 0 aliphatic carbocycles. The van der Waals surface area contributed by atoms with Crippen molar-refractivity contribution in [3.63, 3.8) is 0 Å². The molecule has 1 aromatic rings. The van der Waals surface area contributed by atoms with Crippen LogP contribution in [0.25, 0.3) is 0 Å². The molecule has 2 rings (SSSR count). The van der Waals surface area contributed by atoms with Gasteiger partial charge in [0.1, 0.15) is 0 Å². The molecule has 1 unspecified atom stereocenters. The Hall–Kier alpha value is -1.07. The van der Waals surface area contributed by atoms with Gasteiger partial charge in [0.05, 0.1) is 12.6 Å². The number of aryl methyl sites for hydroxylation is 1. The highest BCUT2D eigenvalue weighted by molar-refractivity contribution is 9.10. The number of piperazine rings is 1. The van der Waals surface area contributed by atoms with Crippen molar-refractivity contribution in [3.8, 4) is 0 Å². The predicted molar refractivity (Wildman–Crippen MR) is 72.1 cm³/mol. The molecule has 0 bridgehead atoms. The van der Waals surface area contributed by atoms with Crippen molar-refractivity contribution in [1.82, 2.24) is 5.32 Å². The molecule has 17 heavy (non-hydrogen) atoms. The van der Waals surface area contributed by atoms with E-state index in [1.54, 1.807) is 0 Å². The summed E-state index contributed by atoms with van der Waals surface area (Å²) >= 11 is 3.47. The molecule has 1 aliphatic rings. The van der Waals surface area contributed by atoms with Crippen molar-refractivity contribution in [2.45, 2.75) is 13.0 Å². The zero-order chi connectivity index (χ0) is 12.4. The van der Waals surface area contributed by atoms with Crippen LogP contribution in [0.2, 0.25) is 0 Å². The Kier molecular flexibility index (Phi) is 3.69. The molecule has 1 fully saturated rings. The van der Waals surface area contributed by atoms with E-state index in [0.717, 1.165) is 22.3 Å². The van der Waals surface area contributed by atoms with Gasteiger partial charge in [-0.15, -0.1) is 0 Å². The van der Waals surface area contributed by atoms with E-state index in [9.17, 15) is 4.79 Å². The molecular formula is C12H16BrN3O. The van der Waals surface area contributed by atoms with E-state index >= 15 is 0 Å². The zero-order valence-corrected chi connectivity index (χ0v) is 11.3. The standard InChI is InChI=1S/C12H16BrN3O/c1-8-4-10(2-3-11(8)13)16-6-9(5-14)15-12(17)7-16/h2-4,9H,5-7,14H2,1H3,(H,15,17). The fourth-order valence-corrected chi connectivity index (χ4v) is 2.23. The molecule has 0 spiro atoms. The largest absolute Gasteiger partial charge is 0.360 e. The number of nitrogens with two attached hydrogens (primary N) is 1. The van der Waals surface area contributed by atoms with Gasteiger partial charge in [-0.3, -0.25) is 4.79 Å². The first-order chi connectivity index (χ1) is 8.10. The summed E-state index contributed by atoms with van der Waals surface area (Å²) in [6, 6.07) is 6.15. The van der Waals surface area contributed by atoms with Crippen LogP contribution >= 0.6 is 15.9 Å². The van der Waals surface area contributed by atoms with Gasteiger partial charge < -0.3 is 16.0 Å². The fourth-order valence-electron chi connectivity index (χ4n) is 1.98. The number of halogens is 1. The number of anilines is 1. The number of nitrogens with zero attached hydrogens (tertiary/aromatic N) is 1. The number of hydrogen-bond donors (Lipinski definition) is 2. The highest BCUT2D eigenvalue weighted by Crippen LogP contribution is 2.23. The summed E-state index contributed by atoms with van der Waals surface area (Å²) in [6.07, 6.45) is 0. The Labute approximate surface area is 109 Å². The number of carbonyl (C=O) groups is 1. The molecule has 0 radical (unpaired) electrons. The van der Waals surface area contributed by atoms with Gasteiger partial charge in [0.15, 0.2) is 0 Å². The minimum atomic E-state index is 0.0345. The van der Waals surface area contributed by atoms with Gasteiger partial charge >= 0.3 is 0 Å². The van der Waals surface area contributed by atoms with Crippen molar-refractivity contribution < 1.29 is 4.79 Å². The first kappa shape index (κ1) is 12.4. The van der Waals surface area contributed by atoms with Crippen molar-refractivity contribution in [2.24, 2.45) is 5.73 Å². The van der Waals surface area contributed by atoms with Crippen molar-refractivity contribution in [1.29, 1.82) is 0 Å². The number of benzene rings is 1. The lowest BCUT2D eigenvalue weighted by Crippen LogP contribution is -2.56. The Morgan fingerprint density at radius 1 is 1.59 bits per heavy atom. The summed E-state index contributed by atoms with van der Waals surface area (Å²) in [5.41, 5.74) is 7.84. The number of carbonyl (C=O) groups excluding carboxylic acids is 1. The molecule has 5 heteroatoms. The maximum absolute atomic E-state index is 11.6. The molecule has 3 N–H and O–H groups in total. The summed E-state index contributed by atoms with van der Waals surface area (Å²) in [7, 11) is 0. The number of amides is 1. The molecule has 1 amide bonds. The molecular weight excluding hydrogens is 282 g/mol. The predicted octanol–water partition coefficient (Wildman–Crippen LogP) is 1.02. The fraction of sp³-hybridized carbons (Fsp3) is 0.417. The van der Waals surface area contributed by atoms with E-state index in [1.165, 1.54) is 0 Å². The van der Waals surface area contributed by atoms with Crippen molar-refractivity contribution in [2.75, 3.05) is 24.5 Å². The third-order valence-electron chi connectivity index (χ3n) is 2.93. The molecule has 4 nitrogen and oxygen atoms in total. The van der Waals surface area contributed by atoms with E-state index < -0.39 is 0 Å². The summed E-state index contributed by atoms with van der Waals surface area (Å²) in [6.45, 7) is 3.68. The van der Waals surface area contributed by atoms with Crippen LogP contribution < -0.4 is 16.0 Å². The topological polar surface area (TPSA) is 58.4 Å². The Morgan fingerprint density at radius 2 is 2.35 bits per heavy atom. The third kappa shape index (κ3) is 2.79. The van der Waals surface area contributed by atoms with E-state index in [2.05, 4.69) is 32.2 Å². The van der Waals surface area contributed by atoms with Crippen LogP contribution in [0.4, 0.5) is 5.69 Å². The SMILES string of the molecule is Cc1cc(N2CC(=O)NC(CN)C2)ccc1Br. The van der Waals surface area contributed by atoms with Gasteiger partial charge in [-0.05, 0) is 30.7 Å². The number of rotatable bonds is 2. The van der Waals surface area contributed by atoms with Crippen LogP contribution in [0.1, 0.15) is 5.56 Å².